The number of carbonyl (C=O) groups excluding carboxylic acids is 1. The second-order valence-electron chi connectivity index (χ2n) is 10.4. The third-order valence-electron chi connectivity index (χ3n) is 7.36. The molecule has 6 rings (SSSR count). The largest absolute Gasteiger partial charge is 0.463 e. The van der Waals surface area contributed by atoms with Gasteiger partial charge in [-0.25, -0.2) is 14.2 Å². The van der Waals surface area contributed by atoms with Crippen LogP contribution in [0.5, 0.6) is 0 Å². The van der Waals surface area contributed by atoms with Gasteiger partial charge in [0.05, 0.1) is 17.2 Å². The number of rotatable bonds is 7. The van der Waals surface area contributed by atoms with Crippen LogP contribution in [0.25, 0.3) is 38.7 Å². The van der Waals surface area contributed by atoms with Crippen LogP contribution in [0, 0.1) is 5.82 Å². The molecule has 3 heterocycles. The Kier molecular flexibility index (Phi) is 9.03. The number of hydrogen-bond donors (Lipinski definition) is 1. The van der Waals surface area contributed by atoms with Gasteiger partial charge in [0.15, 0.2) is 0 Å². The summed E-state index contributed by atoms with van der Waals surface area (Å²) < 4.78 is 19.0. The van der Waals surface area contributed by atoms with E-state index in [-0.39, 0.29) is 12.4 Å². The van der Waals surface area contributed by atoms with Crippen LogP contribution in [0.3, 0.4) is 0 Å². The van der Waals surface area contributed by atoms with E-state index in [2.05, 4.69) is 27.4 Å². The van der Waals surface area contributed by atoms with Gasteiger partial charge < -0.3 is 15.0 Å². The van der Waals surface area contributed by atoms with Crippen LogP contribution in [0.15, 0.2) is 96.0 Å². The summed E-state index contributed by atoms with van der Waals surface area (Å²) >= 11 is 1.42. The van der Waals surface area contributed by atoms with E-state index in [9.17, 15) is 9.18 Å². The summed E-state index contributed by atoms with van der Waals surface area (Å²) in [6.07, 6.45) is 6.41. The summed E-state index contributed by atoms with van der Waals surface area (Å²) in [5.74, 6) is -0.0828. The minimum Gasteiger partial charge on any atom is -0.463 e. The van der Waals surface area contributed by atoms with E-state index in [0.717, 1.165) is 70.7 Å². The number of halogens is 1. The predicted octanol–water partition coefficient (Wildman–Crippen LogP) is 8.33. The van der Waals surface area contributed by atoms with Crippen molar-refractivity contribution in [3.8, 4) is 22.4 Å². The molecule has 0 aliphatic carbocycles. The standard InChI is InChI=1S/C35H32FN5O2S/c1-2-43-29(42)21-20-28-33(38-35(41-22-10-5-11-23-41)37-27-18-16-26(36)17-19-27)31-30(24-12-6-3-7-13-24)32(39-40-34(31)44-28)25-14-8-4-9-15-25/h3-4,6-9,12-21H,2,5,10-11,22-23H2,1H3,(H,37,38)/b21-20+. The fraction of sp³-hybridized carbons (Fsp3) is 0.200. The molecule has 5 aromatic rings. The Labute approximate surface area is 259 Å². The highest BCUT2D eigenvalue weighted by molar-refractivity contribution is 7.20. The van der Waals surface area contributed by atoms with Crippen molar-refractivity contribution in [1.29, 1.82) is 0 Å². The number of aromatic nitrogens is 2. The van der Waals surface area contributed by atoms with Crippen LogP contribution >= 0.6 is 11.3 Å². The van der Waals surface area contributed by atoms with Crippen LogP contribution in [0.4, 0.5) is 15.8 Å². The molecule has 7 nitrogen and oxygen atoms in total. The number of nitrogens with zero attached hydrogens (tertiary/aromatic N) is 4. The van der Waals surface area contributed by atoms with Gasteiger partial charge in [0.2, 0.25) is 5.96 Å². The van der Waals surface area contributed by atoms with E-state index in [1.54, 1.807) is 25.1 Å². The van der Waals surface area contributed by atoms with Gasteiger partial charge >= 0.3 is 5.97 Å². The van der Waals surface area contributed by atoms with Crippen molar-refractivity contribution >= 4 is 50.9 Å². The number of piperidine rings is 1. The molecule has 0 saturated carbocycles. The van der Waals surface area contributed by atoms with E-state index < -0.39 is 5.97 Å². The Balaban J connectivity index is 1.62. The SMILES string of the molecule is CCOC(=O)/C=C/c1sc2nnc(-c3ccccc3)c(-c3ccccc3)c2c1N=C(Nc1ccc(F)cc1)N1CCCCC1. The second kappa shape index (κ2) is 13.6. The summed E-state index contributed by atoms with van der Waals surface area (Å²) in [5, 5.41) is 13.7. The molecule has 0 spiro atoms. The first-order chi connectivity index (χ1) is 21.6. The van der Waals surface area contributed by atoms with Crippen molar-refractivity contribution in [3.63, 3.8) is 0 Å². The van der Waals surface area contributed by atoms with Gasteiger partial charge in [0, 0.05) is 41.4 Å². The quantitative estimate of drug-likeness (QED) is 0.0870. The molecule has 9 heteroatoms. The lowest BCUT2D eigenvalue weighted by Crippen LogP contribution is -2.39. The van der Waals surface area contributed by atoms with Crippen molar-refractivity contribution in [2.24, 2.45) is 4.99 Å². The molecule has 222 valence electrons. The maximum atomic E-state index is 13.8. The third-order valence-corrected chi connectivity index (χ3v) is 8.39. The monoisotopic (exact) mass is 605 g/mol. The van der Waals surface area contributed by atoms with Crippen LogP contribution in [-0.4, -0.2) is 46.7 Å². The zero-order valence-electron chi connectivity index (χ0n) is 24.4. The van der Waals surface area contributed by atoms with Crippen molar-refractivity contribution in [1.82, 2.24) is 15.1 Å². The van der Waals surface area contributed by atoms with Gasteiger partial charge in [-0.05, 0) is 62.1 Å². The third kappa shape index (κ3) is 6.53. The van der Waals surface area contributed by atoms with Gasteiger partial charge in [-0.3, -0.25) is 0 Å². The number of fused-ring (bicyclic) bond motifs is 1. The Hall–Kier alpha value is -4.89. The summed E-state index contributed by atoms with van der Waals surface area (Å²) in [4.78, 5) is 21.4. The first-order valence-electron chi connectivity index (χ1n) is 14.8. The van der Waals surface area contributed by atoms with Crippen molar-refractivity contribution in [3.05, 3.63) is 102 Å². The molecule has 3 aromatic carbocycles. The first kappa shape index (κ1) is 29.2. The number of anilines is 1. The fourth-order valence-corrected chi connectivity index (χ4v) is 6.25. The molecule has 0 atom stereocenters. The Morgan fingerprint density at radius 2 is 1.64 bits per heavy atom. The van der Waals surface area contributed by atoms with Gasteiger partial charge in [0.25, 0.3) is 0 Å². The zero-order valence-corrected chi connectivity index (χ0v) is 25.2. The smallest absolute Gasteiger partial charge is 0.330 e. The van der Waals surface area contributed by atoms with E-state index >= 15 is 0 Å². The molecule has 1 fully saturated rings. The number of hydrogen-bond acceptors (Lipinski definition) is 6. The number of likely N-dealkylation sites (tertiary alicyclic amines) is 1. The molecule has 0 radical (unpaired) electrons. The Morgan fingerprint density at radius 1 is 0.955 bits per heavy atom. The highest BCUT2D eigenvalue weighted by Gasteiger charge is 2.24. The number of esters is 1. The normalized spacial score (nSPS) is 13.9. The van der Waals surface area contributed by atoms with Crippen molar-refractivity contribution < 1.29 is 13.9 Å². The molecule has 1 aliphatic heterocycles. The molecule has 1 saturated heterocycles. The van der Waals surface area contributed by atoms with E-state index in [4.69, 9.17) is 14.8 Å². The van der Waals surface area contributed by atoms with E-state index in [1.165, 1.54) is 29.5 Å². The summed E-state index contributed by atoms with van der Waals surface area (Å²) in [6, 6.07) is 26.4. The topological polar surface area (TPSA) is 79.7 Å². The van der Waals surface area contributed by atoms with Crippen LogP contribution in [-0.2, 0) is 9.53 Å². The zero-order chi connectivity index (χ0) is 30.3. The van der Waals surface area contributed by atoms with Crippen LogP contribution < -0.4 is 5.32 Å². The molecule has 1 aliphatic rings. The van der Waals surface area contributed by atoms with Crippen LogP contribution in [0.2, 0.25) is 0 Å². The first-order valence-corrected chi connectivity index (χ1v) is 15.6. The summed E-state index contributed by atoms with van der Waals surface area (Å²) in [6.45, 7) is 3.73. The molecule has 2 aromatic heterocycles. The average molecular weight is 606 g/mol. The van der Waals surface area contributed by atoms with E-state index in [0.29, 0.717) is 16.5 Å². The van der Waals surface area contributed by atoms with Gasteiger partial charge in [-0.1, -0.05) is 60.7 Å². The Bertz CT molecular complexity index is 1800. The maximum Gasteiger partial charge on any atom is 0.330 e. The van der Waals surface area contributed by atoms with Crippen molar-refractivity contribution in [2.75, 3.05) is 25.0 Å². The number of carbonyl (C=O) groups is 1. The number of thiophene rings is 1. The van der Waals surface area contributed by atoms with Crippen LogP contribution in [0.1, 0.15) is 31.1 Å². The van der Waals surface area contributed by atoms with E-state index in [1.807, 2.05) is 48.5 Å². The molecular weight excluding hydrogens is 573 g/mol. The molecule has 1 N–H and O–H groups in total. The molecule has 44 heavy (non-hydrogen) atoms. The van der Waals surface area contributed by atoms with Gasteiger partial charge in [0.1, 0.15) is 16.3 Å². The molecule has 0 amide bonds. The highest BCUT2D eigenvalue weighted by Crippen LogP contribution is 2.46. The number of ether oxygens (including phenoxy) is 1. The van der Waals surface area contributed by atoms with Crippen molar-refractivity contribution in [2.45, 2.75) is 26.2 Å². The minimum absolute atomic E-state index is 0.283. The number of nitrogens with one attached hydrogen (secondary N) is 1. The average Bonchev–Trinajstić information content (AvgIpc) is 3.42. The minimum atomic E-state index is -0.431. The molecule has 0 unspecified atom stereocenters. The lowest BCUT2D eigenvalue weighted by Gasteiger charge is -2.30. The predicted molar refractivity (Wildman–Crippen MR) is 176 cm³/mol. The summed E-state index contributed by atoms with van der Waals surface area (Å²) in [7, 11) is 0. The Morgan fingerprint density at radius 3 is 2.32 bits per heavy atom. The summed E-state index contributed by atoms with van der Waals surface area (Å²) in [5.41, 5.74) is 4.97. The molecule has 0 bridgehead atoms. The second-order valence-corrected chi connectivity index (χ2v) is 11.4. The van der Waals surface area contributed by atoms with Gasteiger partial charge in [-0.2, -0.15) is 0 Å². The van der Waals surface area contributed by atoms with Gasteiger partial charge in [-0.15, -0.1) is 21.5 Å². The number of aliphatic imine (C=N–C) groups is 1. The number of benzene rings is 3. The molecular formula is C35H32FN5O2S. The lowest BCUT2D eigenvalue weighted by atomic mass is 9.96. The highest BCUT2D eigenvalue weighted by atomic mass is 32.1. The lowest BCUT2D eigenvalue weighted by molar-refractivity contribution is -0.137. The number of guanidine groups is 1. The maximum absolute atomic E-state index is 13.8. The fourth-order valence-electron chi connectivity index (χ4n) is 5.28.